The van der Waals surface area contributed by atoms with E-state index in [2.05, 4.69) is 71.6 Å². The zero-order valence-electron chi connectivity index (χ0n) is 51.4. The summed E-state index contributed by atoms with van der Waals surface area (Å²) in [5, 5.41) is 127. The van der Waals surface area contributed by atoms with E-state index in [0.29, 0.717) is 0 Å². The number of carbonyl (C=O) groups is 3. The first kappa shape index (κ1) is 75.2. The van der Waals surface area contributed by atoms with Gasteiger partial charge in [0, 0.05) is 54.4 Å². The molecule has 2 heterocycles. The van der Waals surface area contributed by atoms with Gasteiger partial charge in [0.2, 0.25) is 35.7 Å². The first-order valence-electron chi connectivity index (χ1n) is 28.4. The number of carboxylic acids is 3. The van der Waals surface area contributed by atoms with Crippen LogP contribution in [0.5, 0.6) is 17.2 Å². The molecule has 0 radical (unpaired) electrons. The molecule has 0 saturated heterocycles. The van der Waals surface area contributed by atoms with Gasteiger partial charge in [0.25, 0.3) is 20.2 Å². The van der Waals surface area contributed by atoms with Crippen molar-refractivity contribution in [1.82, 2.24) is 29.9 Å². The molecule has 0 aliphatic rings. The highest BCUT2D eigenvalue weighted by molar-refractivity contribution is 8.19. The molecule has 540 valence electrons. The summed E-state index contributed by atoms with van der Waals surface area (Å²) >= 11 is 0. The topological polar surface area (TPSA) is 674 Å². The predicted octanol–water partition coefficient (Wildman–Crippen LogP) is 7.24. The molecule has 0 aliphatic carbocycles. The summed E-state index contributed by atoms with van der Waals surface area (Å²) in [7, 11) is -20.3. The van der Waals surface area contributed by atoms with Crippen molar-refractivity contribution in [3.05, 3.63) is 114 Å². The van der Waals surface area contributed by atoms with Crippen molar-refractivity contribution in [2.24, 2.45) is 20.5 Å². The maximum atomic E-state index is 12.8. The van der Waals surface area contributed by atoms with Crippen LogP contribution in [0.4, 0.5) is 81.2 Å². The molecule has 22 N–H and O–H groups in total. The van der Waals surface area contributed by atoms with Crippen LogP contribution in [0.15, 0.2) is 137 Å². The summed E-state index contributed by atoms with van der Waals surface area (Å²) in [6.07, 6.45) is 0. The molecular formula is C56H56N16O26S4. The molecular weight excluding hydrogens is 1440 g/mol. The minimum atomic E-state index is -5.20. The van der Waals surface area contributed by atoms with E-state index >= 15 is 0 Å². The Balaban J connectivity index is 1.10. The van der Waals surface area contributed by atoms with Crippen LogP contribution in [0, 0.1) is 0 Å². The number of benzene rings is 7. The fourth-order valence-electron chi connectivity index (χ4n) is 9.56. The number of aromatic nitrogens is 6. The van der Waals surface area contributed by atoms with Crippen LogP contribution in [0.1, 0.15) is 31.1 Å². The molecule has 2 aromatic heterocycles. The Labute approximate surface area is 574 Å². The highest BCUT2D eigenvalue weighted by Gasteiger charge is 2.31. The molecule has 46 heteroatoms. The Hall–Kier alpha value is -11.0. The lowest BCUT2D eigenvalue weighted by Crippen LogP contribution is -2.31. The minimum Gasteiger partial charge on any atom is -0.505 e. The molecule has 0 fully saturated rings. The van der Waals surface area contributed by atoms with E-state index < -0.39 is 203 Å². The monoisotopic (exact) mass is 1500 g/mol. The largest absolute Gasteiger partial charge is 0.505 e. The molecule has 42 nitrogen and oxygen atoms in total. The number of phenols is 2. The van der Waals surface area contributed by atoms with Crippen molar-refractivity contribution in [2.75, 3.05) is 90.5 Å². The van der Waals surface area contributed by atoms with Gasteiger partial charge in [-0.15, -0.1) is 10.2 Å². The molecule has 0 unspecified atom stereocenters. The Bertz CT molecular complexity index is 5010. The third-order valence-corrected chi connectivity index (χ3v) is 17.4. The van der Waals surface area contributed by atoms with Crippen molar-refractivity contribution in [2.45, 2.75) is 19.6 Å². The number of aliphatic hydroxyl groups excluding tert-OH is 5. The van der Waals surface area contributed by atoms with E-state index in [4.69, 9.17) is 4.74 Å². The lowest BCUT2D eigenvalue weighted by atomic mass is 10.1. The lowest BCUT2D eigenvalue weighted by molar-refractivity contribution is 0.0681. The van der Waals surface area contributed by atoms with Gasteiger partial charge < -0.3 is 114 Å². The standard InChI is InChI=1S/C56H56N16O26S4/c73-9-5-71(6-10-74)55-63-51(61-53(65-55)59-38-23-36(99(86,87)88)18-26-20-40(101(92,93)94)44(46(78)42(26)38)69-67-33-14-28(48(80)81)13-29(15-33)49(82)83)57-31-1-3-32(4-2-31)58-52-62-54(66-56(64-52)72(7-11-75)8-12-76)60-39-24-37(100(89,90)91)19-27-21-41(102(95,96)97)45(47(79)43(27)39)70-68-34-16-30(50(84)85)17-35(22-34)98-25-77/h1-4,13-24,73-79,92-97H,5-12,25H2,(H,80,81)(H,82,83)(H,84,85)(H,86,87,88)(H,89,90,91)(H2,57,59,61,63,65)(H2,58,60,62,64,66). The van der Waals surface area contributed by atoms with Gasteiger partial charge in [-0.1, -0.05) is 0 Å². The Kier molecular flexibility index (Phi) is 22.7. The summed E-state index contributed by atoms with van der Waals surface area (Å²) in [4.78, 5) is 60.7. The van der Waals surface area contributed by atoms with Crippen molar-refractivity contribution >= 4 is 163 Å². The zero-order valence-corrected chi connectivity index (χ0v) is 54.7. The van der Waals surface area contributed by atoms with Gasteiger partial charge in [0.1, 0.15) is 38.9 Å². The van der Waals surface area contributed by atoms with Gasteiger partial charge in [-0.2, -0.15) is 57.0 Å². The lowest BCUT2D eigenvalue weighted by Gasteiger charge is -2.23. The van der Waals surface area contributed by atoms with Crippen molar-refractivity contribution in [3.8, 4) is 17.2 Å². The minimum absolute atomic E-state index is 0.172. The van der Waals surface area contributed by atoms with Gasteiger partial charge in [-0.25, -0.2) is 14.4 Å². The number of fused-ring (bicyclic) bond motifs is 2. The normalized spacial score (nSPS) is 12.4. The molecule has 9 rings (SSSR count). The number of ether oxygens (including phenoxy) is 1. The average Bonchev–Trinajstić information content (AvgIpc) is 0.752. The maximum absolute atomic E-state index is 12.8. The molecule has 0 saturated carbocycles. The molecule has 0 bridgehead atoms. The Morgan fingerprint density at radius 1 is 0.431 bits per heavy atom. The Morgan fingerprint density at radius 2 is 0.775 bits per heavy atom. The smallest absolute Gasteiger partial charge is 0.335 e. The molecule has 7 aromatic carbocycles. The van der Waals surface area contributed by atoms with Crippen LogP contribution in [0.2, 0.25) is 0 Å². The van der Waals surface area contributed by atoms with Crippen molar-refractivity contribution in [3.63, 3.8) is 0 Å². The van der Waals surface area contributed by atoms with Crippen LogP contribution in [-0.4, -0.2) is 212 Å². The summed E-state index contributed by atoms with van der Waals surface area (Å²) < 4.78 is 140. The van der Waals surface area contributed by atoms with E-state index in [-0.39, 0.29) is 72.8 Å². The van der Waals surface area contributed by atoms with Crippen molar-refractivity contribution in [1.29, 1.82) is 0 Å². The van der Waals surface area contributed by atoms with Gasteiger partial charge >= 0.3 is 17.9 Å². The number of hydrogen-bond donors (Lipinski definition) is 22. The predicted molar refractivity (Wildman–Crippen MR) is 360 cm³/mol. The SMILES string of the molecule is O=C(O)c1cc(N=Nc2c(S(O)(O)O)cc3cc(S(=O)(=O)O)cc(Nc4nc(Nc5ccc(Nc6nc(Nc7cc(S(=O)(=O)O)cc8cc(S(O)(O)O)c(N=Nc9cc(C(=O)O)cc(C(=O)O)c9)c(O)c78)nc(N(CCO)CCO)n6)cc5)nc(N(CCO)CCO)n4)c3c2O)cc(OCO)c1. The summed E-state index contributed by atoms with van der Waals surface area (Å²) in [5.74, 6) is -9.32. The third kappa shape index (κ3) is 17.9. The van der Waals surface area contributed by atoms with Gasteiger partial charge in [0.05, 0.1) is 85.4 Å². The molecule has 9 aromatic rings. The number of aromatic carboxylic acids is 3. The van der Waals surface area contributed by atoms with Crippen LogP contribution < -0.4 is 35.8 Å². The molecule has 0 atom stereocenters. The number of hydrogen-bond acceptors (Lipinski definition) is 37. The van der Waals surface area contributed by atoms with E-state index in [9.17, 15) is 119 Å². The van der Waals surface area contributed by atoms with E-state index in [1.807, 2.05) is 0 Å². The van der Waals surface area contributed by atoms with Crippen LogP contribution >= 0.6 is 21.7 Å². The van der Waals surface area contributed by atoms with E-state index in [1.54, 1.807) is 0 Å². The number of rotatable bonds is 31. The zero-order chi connectivity index (χ0) is 74.3. The summed E-state index contributed by atoms with van der Waals surface area (Å²) in [5.41, 5.74) is -4.87. The highest BCUT2D eigenvalue weighted by Crippen LogP contribution is 2.57. The number of anilines is 10. The van der Waals surface area contributed by atoms with Crippen LogP contribution in [0.3, 0.4) is 0 Å². The average molecular weight is 1500 g/mol. The number of aliphatic hydroxyl groups is 5. The second-order valence-corrected chi connectivity index (χ2v) is 26.7. The molecule has 102 heavy (non-hydrogen) atoms. The number of nitrogens with zero attached hydrogens (tertiary/aromatic N) is 12. The van der Waals surface area contributed by atoms with Crippen LogP contribution in [0.25, 0.3) is 21.5 Å². The fourth-order valence-corrected chi connectivity index (χ4v) is 12.0. The number of carboxylic acid groups (broad SMARTS) is 3. The quantitative estimate of drug-likeness (QED) is 0.0116. The van der Waals surface area contributed by atoms with Gasteiger partial charge in [0.15, 0.2) is 18.3 Å². The molecule has 0 aliphatic heterocycles. The highest BCUT2D eigenvalue weighted by atomic mass is 32.3. The fraction of sp³-hybridized carbons (Fsp3) is 0.161. The number of aromatic hydroxyl groups is 2. The number of phenolic OH excluding ortho intramolecular Hbond substituents is 2. The molecule has 0 amide bonds. The summed E-state index contributed by atoms with van der Waals surface area (Å²) in [6, 6.07) is 15.8. The van der Waals surface area contributed by atoms with Crippen molar-refractivity contribution < 1.29 is 123 Å². The second-order valence-electron chi connectivity index (χ2n) is 20.9. The second kappa shape index (κ2) is 30.8. The first-order chi connectivity index (χ1) is 48.1. The maximum Gasteiger partial charge on any atom is 0.335 e. The Morgan fingerprint density at radius 3 is 1.10 bits per heavy atom. The van der Waals surface area contributed by atoms with Crippen LogP contribution in [-0.2, 0) is 20.2 Å². The van der Waals surface area contributed by atoms with E-state index in [1.165, 1.54) is 34.1 Å². The third-order valence-electron chi connectivity index (χ3n) is 13.9. The van der Waals surface area contributed by atoms with E-state index in [0.717, 1.165) is 72.8 Å². The molecule has 0 spiro atoms. The first-order valence-corrected chi connectivity index (χ1v) is 34.3. The number of azo groups is 2. The van der Waals surface area contributed by atoms with Gasteiger partial charge in [-0.05, 0) is 102 Å². The number of nitrogens with one attached hydrogen (secondary N) is 4. The summed E-state index contributed by atoms with van der Waals surface area (Å²) in [6.45, 7) is -3.91. The van der Waals surface area contributed by atoms with Gasteiger partial charge in [-0.3, -0.25) is 9.11 Å².